The van der Waals surface area contributed by atoms with Crippen LogP contribution in [0.1, 0.15) is 0 Å². The van der Waals surface area contributed by atoms with Crippen LogP contribution in [-0.4, -0.2) is 55.1 Å². The van der Waals surface area contributed by atoms with E-state index in [1.807, 2.05) is 0 Å². The fourth-order valence-electron chi connectivity index (χ4n) is 1.27. The molecular formula is C8H13N2O3. The number of ether oxygens (including phenoxy) is 1. The molecule has 5 heteroatoms. The molecule has 0 aromatic rings. The second-order valence-electron chi connectivity index (χ2n) is 2.84. The van der Waals surface area contributed by atoms with E-state index in [-0.39, 0.29) is 12.0 Å². The molecule has 0 bridgehead atoms. The van der Waals surface area contributed by atoms with Crippen molar-refractivity contribution in [1.82, 2.24) is 9.80 Å². The molecule has 1 heterocycles. The van der Waals surface area contributed by atoms with Gasteiger partial charge in [0.25, 0.3) is 0 Å². The molecular weight excluding hydrogens is 172 g/mol. The minimum absolute atomic E-state index is 0.190. The number of nitrogens with zero attached hydrogens (tertiary/aromatic N) is 2. The molecule has 1 fully saturated rings. The molecule has 2 amide bonds. The molecule has 0 aliphatic carbocycles. The smallest absolute Gasteiger partial charge is 0.409 e. The molecule has 1 aliphatic rings. The molecule has 73 valence electrons. The van der Waals surface area contributed by atoms with Gasteiger partial charge in [-0.05, 0) is 0 Å². The van der Waals surface area contributed by atoms with Gasteiger partial charge in [-0.1, -0.05) is 0 Å². The second kappa shape index (κ2) is 4.11. The lowest BCUT2D eigenvalue weighted by molar-refractivity contribution is -0.127. The van der Waals surface area contributed by atoms with Gasteiger partial charge in [-0.2, -0.15) is 0 Å². The van der Waals surface area contributed by atoms with E-state index in [2.05, 4.69) is 11.7 Å². The normalized spacial score (nSPS) is 17.1. The van der Waals surface area contributed by atoms with Gasteiger partial charge in [0.15, 0.2) is 0 Å². The lowest BCUT2D eigenvalue weighted by Crippen LogP contribution is -2.50. The van der Waals surface area contributed by atoms with Crippen molar-refractivity contribution >= 4 is 12.0 Å². The van der Waals surface area contributed by atoms with Gasteiger partial charge in [-0.25, -0.2) is 4.79 Å². The highest BCUT2D eigenvalue weighted by Crippen LogP contribution is 2.02. The molecule has 13 heavy (non-hydrogen) atoms. The van der Waals surface area contributed by atoms with Gasteiger partial charge in [0, 0.05) is 33.1 Å². The van der Waals surface area contributed by atoms with Crippen LogP contribution in [0.25, 0.3) is 0 Å². The number of methoxy groups -OCH3 is 1. The summed E-state index contributed by atoms with van der Waals surface area (Å²) < 4.78 is 4.55. The summed E-state index contributed by atoms with van der Waals surface area (Å²) in [6, 6.07) is 0. The van der Waals surface area contributed by atoms with E-state index in [4.69, 9.17) is 0 Å². The molecule has 0 unspecified atom stereocenters. The minimum Gasteiger partial charge on any atom is -0.453 e. The molecule has 0 aromatic heterocycles. The summed E-state index contributed by atoms with van der Waals surface area (Å²) in [4.78, 5) is 25.0. The van der Waals surface area contributed by atoms with Gasteiger partial charge in [0.05, 0.1) is 7.11 Å². The Balaban J connectivity index is 2.39. The number of carbonyl (C=O) groups excluding carboxylic acids is 2. The molecule has 1 rings (SSSR count). The predicted molar refractivity (Wildman–Crippen MR) is 45.9 cm³/mol. The molecule has 1 aliphatic heterocycles. The van der Waals surface area contributed by atoms with Crippen molar-refractivity contribution in [1.29, 1.82) is 0 Å². The average Bonchev–Trinajstić information content (AvgIpc) is 2.17. The molecule has 0 N–H and O–H groups in total. The van der Waals surface area contributed by atoms with E-state index in [9.17, 15) is 9.59 Å². The molecule has 1 radical (unpaired) electrons. The van der Waals surface area contributed by atoms with Crippen LogP contribution in [0.15, 0.2) is 0 Å². The topological polar surface area (TPSA) is 49.9 Å². The summed E-state index contributed by atoms with van der Waals surface area (Å²) in [7, 11) is 1.35. The van der Waals surface area contributed by atoms with Gasteiger partial charge >= 0.3 is 6.09 Å². The van der Waals surface area contributed by atoms with Crippen LogP contribution < -0.4 is 0 Å². The zero-order chi connectivity index (χ0) is 9.84. The van der Waals surface area contributed by atoms with E-state index in [0.717, 1.165) is 0 Å². The highest BCUT2D eigenvalue weighted by Gasteiger charge is 2.22. The van der Waals surface area contributed by atoms with E-state index in [0.29, 0.717) is 26.2 Å². The molecule has 5 nitrogen and oxygen atoms in total. The number of rotatable bonds is 0. The Kier molecular flexibility index (Phi) is 3.11. The van der Waals surface area contributed by atoms with Crippen LogP contribution in [0.5, 0.6) is 0 Å². The lowest BCUT2D eigenvalue weighted by Gasteiger charge is -2.33. The van der Waals surface area contributed by atoms with E-state index in [1.54, 1.807) is 9.80 Å². The van der Waals surface area contributed by atoms with Crippen molar-refractivity contribution in [2.24, 2.45) is 0 Å². The van der Waals surface area contributed by atoms with E-state index >= 15 is 0 Å². The summed E-state index contributed by atoms with van der Waals surface area (Å²) in [6.07, 6.45) is -0.337. The van der Waals surface area contributed by atoms with Crippen molar-refractivity contribution in [3.63, 3.8) is 0 Å². The monoisotopic (exact) mass is 185 g/mol. The van der Waals surface area contributed by atoms with Crippen LogP contribution in [0, 0.1) is 6.92 Å². The Morgan fingerprint density at radius 3 is 2.00 bits per heavy atom. The lowest BCUT2D eigenvalue weighted by atomic mass is 10.3. The first kappa shape index (κ1) is 9.83. The molecule has 0 spiro atoms. The fraction of sp³-hybridized carbons (Fsp3) is 0.625. The highest BCUT2D eigenvalue weighted by molar-refractivity contribution is 5.80. The fourth-order valence-corrected chi connectivity index (χ4v) is 1.27. The highest BCUT2D eigenvalue weighted by atomic mass is 16.5. The molecule has 0 aromatic carbocycles. The number of piperazine rings is 1. The number of hydrogen-bond donors (Lipinski definition) is 0. The maximum Gasteiger partial charge on any atom is 0.409 e. The van der Waals surface area contributed by atoms with Crippen molar-refractivity contribution in [2.45, 2.75) is 0 Å². The van der Waals surface area contributed by atoms with Crippen molar-refractivity contribution in [3.8, 4) is 0 Å². The zero-order valence-corrected chi connectivity index (χ0v) is 7.65. The van der Waals surface area contributed by atoms with Crippen molar-refractivity contribution in [2.75, 3.05) is 33.3 Å². The summed E-state index contributed by atoms with van der Waals surface area (Å²) in [5.41, 5.74) is 0. The Bertz CT molecular complexity index is 209. The first-order valence-corrected chi connectivity index (χ1v) is 4.09. The van der Waals surface area contributed by atoms with Gasteiger partial charge in [0.1, 0.15) is 0 Å². The van der Waals surface area contributed by atoms with Crippen LogP contribution in [0.2, 0.25) is 0 Å². The maximum absolute atomic E-state index is 11.0. The zero-order valence-electron chi connectivity index (χ0n) is 7.65. The van der Waals surface area contributed by atoms with Gasteiger partial charge in [-0.15, -0.1) is 0 Å². The third-order valence-corrected chi connectivity index (χ3v) is 2.07. The Labute approximate surface area is 77.2 Å². The molecule has 1 saturated heterocycles. The van der Waals surface area contributed by atoms with Gasteiger partial charge in [-0.3, -0.25) is 4.79 Å². The van der Waals surface area contributed by atoms with Gasteiger partial charge in [0.2, 0.25) is 5.91 Å². The number of amides is 2. The first-order valence-electron chi connectivity index (χ1n) is 4.09. The second-order valence-corrected chi connectivity index (χ2v) is 2.84. The quantitative estimate of drug-likeness (QED) is 0.522. The number of carbonyl (C=O) groups is 2. The van der Waals surface area contributed by atoms with Crippen LogP contribution in [0.3, 0.4) is 0 Å². The summed E-state index contributed by atoms with van der Waals surface area (Å²) in [5, 5.41) is 0. The van der Waals surface area contributed by atoms with Crippen LogP contribution in [-0.2, 0) is 9.53 Å². The Hall–Kier alpha value is -1.26. The van der Waals surface area contributed by atoms with Crippen LogP contribution in [0.4, 0.5) is 4.79 Å². The Morgan fingerprint density at radius 1 is 1.15 bits per heavy atom. The molecule has 0 atom stereocenters. The predicted octanol–water partition coefficient (Wildman–Crippen LogP) is -0.269. The minimum atomic E-state index is -0.337. The van der Waals surface area contributed by atoms with Crippen LogP contribution >= 0.6 is 0 Å². The summed E-state index contributed by atoms with van der Waals surface area (Å²) in [6.45, 7) is 5.43. The van der Waals surface area contributed by atoms with E-state index in [1.165, 1.54) is 7.11 Å². The van der Waals surface area contributed by atoms with Crippen molar-refractivity contribution < 1.29 is 14.3 Å². The third kappa shape index (κ3) is 2.34. The first-order chi connectivity index (χ1) is 6.15. The maximum atomic E-state index is 11.0. The molecule has 0 saturated carbocycles. The number of hydrogen-bond acceptors (Lipinski definition) is 3. The largest absolute Gasteiger partial charge is 0.453 e. The Morgan fingerprint density at radius 2 is 1.62 bits per heavy atom. The van der Waals surface area contributed by atoms with Gasteiger partial charge < -0.3 is 14.5 Å². The third-order valence-electron chi connectivity index (χ3n) is 2.07. The van der Waals surface area contributed by atoms with Crippen molar-refractivity contribution in [3.05, 3.63) is 6.92 Å². The standard InChI is InChI=1S/C8H13N2O3/c1-7(11)9-3-5-10(6-4-9)8(12)13-2/h1,3-6H2,2H3. The SMILES string of the molecule is [CH2]C(=O)N1CCN(C(=O)OC)CC1. The summed E-state index contributed by atoms with van der Waals surface area (Å²) in [5.74, 6) is -0.190. The summed E-state index contributed by atoms with van der Waals surface area (Å²) >= 11 is 0. The average molecular weight is 185 g/mol. The van der Waals surface area contributed by atoms with E-state index < -0.39 is 0 Å².